The highest BCUT2D eigenvalue weighted by Gasteiger charge is 2.29. The van der Waals surface area contributed by atoms with Crippen LogP contribution in [0.5, 0.6) is 0 Å². The minimum absolute atomic E-state index is 0.0197. The van der Waals surface area contributed by atoms with Gasteiger partial charge in [0, 0.05) is 12.6 Å². The molecule has 1 saturated carbocycles. The topological polar surface area (TPSA) is 92.7 Å². The molecule has 1 saturated heterocycles. The van der Waals surface area contributed by atoms with Crippen molar-refractivity contribution >= 4 is 16.0 Å². The molecule has 2 fully saturated rings. The molecule has 1 aliphatic heterocycles. The van der Waals surface area contributed by atoms with Crippen LogP contribution in [0.2, 0.25) is 0 Å². The Morgan fingerprint density at radius 2 is 1.85 bits per heavy atom. The maximum Gasteiger partial charge on any atom is 0.306 e. The number of sulfonamides is 1. The van der Waals surface area contributed by atoms with E-state index in [1.54, 1.807) is 0 Å². The first-order chi connectivity index (χ1) is 9.46. The van der Waals surface area contributed by atoms with Crippen molar-refractivity contribution in [2.24, 2.45) is 5.92 Å². The van der Waals surface area contributed by atoms with Gasteiger partial charge in [0.15, 0.2) is 0 Å². The summed E-state index contributed by atoms with van der Waals surface area (Å²) in [6.07, 6.45) is 4.91. The molecule has 20 heavy (non-hydrogen) atoms. The van der Waals surface area contributed by atoms with Crippen molar-refractivity contribution in [3.05, 3.63) is 0 Å². The molecule has 0 amide bonds. The first kappa shape index (κ1) is 15.7. The van der Waals surface area contributed by atoms with Crippen LogP contribution in [0.3, 0.4) is 0 Å². The van der Waals surface area contributed by atoms with E-state index < -0.39 is 16.0 Å². The first-order valence-electron chi connectivity index (χ1n) is 7.31. The molecular formula is C13H23NO5S. The van der Waals surface area contributed by atoms with Gasteiger partial charge in [-0.1, -0.05) is 0 Å². The van der Waals surface area contributed by atoms with Crippen LogP contribution in [-0.4, -0.2) is 44.0 Å². The van der Waals surface area contributed by atoms with Crippen LogP contribution in [0.25, 0.3) is 0 Å². The second-order valence-corrected chi connectivity index (χ2v) is 7.57. The lowest BCUT2D eigenvalue weighted by Crippen LogP contribution is -2.42. The molecule has 7 heteroatoms. The summed E-state index contributed by atoms with van der Waals surface area (Å²) in [6, 6.07) is -0.126. The number of ether oxygens (including phenoxy) is 1. The van der Waals surface area contributed by atoms with E-state index in [0.717, 1.165) is 19.3 Å². The number of carbonyl (C=O) groups is 1. The summed E-state index contributed by atoms with van der Waals surface area (Å²) >= 11 is 0. The van der Waals surface area contributed by atoms with Gasteiger partial charge in [0.2, 0.25) is 10.0 Å². The highest BCUT2D eigenvalue weighted by atomic mass is 32.2. The minimum atomic E-state index is -3.34. The molecule has 0 aromatic heterocycles. The Bertz CT molecular complexity index is 422. The molecule has 1 atom stereocenters. The van der Waals surface area contributed by atoms with Gasteiger partial charge in [-0.15, -0.1) is 0 Å². The number of hydrogen-bond acceptors (Lipinski definition) is 4. The molecule has 6 nitrogen and oxygen atoms in total. The van der Waals surface area contributed by atoms with E-state index in [1.165, 1.54) is 0 Å². The second kappa shape index (κ2) is 6.87. The number of nitrogens with one attached hydrogen (secondary N) is 1. The van der Waals surface area contributed by atoms with Crippen LogP contribution in [0, 0.1) is 5.92 Å². The highest BCUT2D eigenvalue weighted by Crippen LogP contribution is 2.25. The van der Waals surface area contributed by atoms with Gasteiger partial charge in [0.1, 0.15) is 0 Å². The lowest BCUT2D eigenvalue weighted by Gasteiger charge is -2.28. The fourth-order valence-corrected chi connectivity index (χ4v) is 4.54. The number of carboxylic acid groups (broad SMARTS) is 1. The van der Waals surface area contributed by atoms with Crippen molar-refractivity contribution in [2.45, 2.75) is 57.1 Å². The van der Waals surface area contributed by atoms with E-state index in [1.807, 2.05) is 0 Å². The van der Waals surface area contributed by atoms with E-state index >= 15 is 0 Å². The van der Waals surface area contributed by atoms with Crippen LogP contribution in [0.1, 0.15) is 44.9 Å². The van der Waals surface area contributed by atoms with Gasteiger partial charge in [-0.05, 0) is 44.9 Å². The number of carboxylic acids is 1. The predicted molar refractivity (Wildman–Crippen MR) is 73.9 cm³/mol. The fourth-order valence-electron chi connectivity index (χ4n) is 2.94. The summed E-state index contributed by atoms with van der Waals surface area (Å²) in [6.45, 7) is 0.643. The lowest BCUT2D eigenvalue weighted by atomic mass is 9.87. The van der Waals surface area contributed by atoms with E-state index in [9.17, 15) is 13.2 Å². The Balaban J connectivity index is 1.78. The lowest BCUT2D eigenvalue weighted by molar-refractivity contribution is -0.142. The van der Waals surface area contributed by atoms with E-state index in [4.69, 9.17) is 9.84 Å². The predicted octanol–water partition coefficient (Wildman–Crippen LogP) is 1.12. The highest BCUT2D eigenvalue weighted by molar-refractivity contribution is 7.89. The number of aliphatic carboxylic acids is 1. The molecule has 1 heterocycles. The summed E-state index contributed by atoms with van der Waals surface area (Å²) < 4.78 is 32.3. The molecule has 0 spiro atoms. The normalized spacial score (nSPS) is 31.9. The Labute approximate surface area is 119 Å². The van der Waals surface area contributed by atoms with Crippen molar-refractivity contribution in [1.82, 2.24) is 4.72 Å². The zero-order valence-corrected chi connectivity index (χ0v) is 12.4. The molecule has 1 aliphatic carbocycles. The third-order valence-electron chi connectivity index (χ3n) is 4.10. The molecule has 0 radical (unpaired) electrons. The monoisotopic (exact) mass is 305 g/mol. The van der Waals surface area contributed by atoms with Gasteiger partial charge in [0.25, 0.3) is 0 Å². The zero-order chi connectivity index (χ0) is 14.6. The Morgan fingerprint density at radius 1 is 1.15 bits per heavy atom. The number of hydrogen-bond donors (Lipinski definition) is 2. The van der Waals surface area contributed by atoms with Gasteiger partial charge in [-0.3, -0.25) is 4.79 Å². The standard InChI is InChI=1S/C13H23NO5S/c15-13(16)10-4-6-11(7-5-10)14-20(17,18)9-12-3-1-2-8-19-12/h10-12,14H,1-9H2,(H,15,16). The van der Waals surface area contributed by atoms with Crippen molar-refractivity contribution in [2.75, 3.05) is 12.4 Å². The molecular weight excluding hydrogens is 282 g/mol. The second-order valence-electron chi connectivity index (χ2n) is 5.77. The molecule has 2 N–H and O–H groups in total. The summed E-state index contributed by atoms with van der Waals surface area (Å²) in [5.74, 6) is -1.08. The average Bonchev–Trinajstić information content (AvgIpc) is 2.39. The Hall–Kier alpha value is -0.660. The van der Waals surface area contributed by atoms with Crippen LogP contribution < -0.4 is 4.72 Å². The Morgan fingerprint density at radius 3 is 2.40 bits per heavy atom. The van der Waals surface area contributed by atoms with Gasteiger partial charge in [-0.25, -0.2) is 13.1 Å². The summed E-state index contributed by atoms with van der Waals surface area (Å²) in [7, 11) is -3.34. The van der Waals surface area contributed by atoms with Gasteiger partial charge in [-0.2, -0.15) is 0 Å². The smallest absolute Gasteiger partial charge is 0.306 e. The quantitative estimate of drug-likeness (QED) is 0.794. The summed E-state index contributed by atoms with van der Waals surface area (Å²) in [5, 5.41) is 8.92. The molecule has 1 unspecified atom stereocenters. The fraction of sp³-hybridized carbons (Fsp3) is 0.923. The maximum absolute atomic E-state index is 12.1. The largest absolute Gasteiger partial charge is 0.481 e. The zero-order valence-electron chi connectivity index (χ0n) is 11.6. The third kappa shape index (κ3) is 4.71. The van der Waals surface area contributed by atoms with Gasteiger partial charge in [0.05, 0.1) is 17.8 Å². The molecule has 2 aliphatic rings. The van der Waals surface area contributed by atoms with E-state index in [0.29, 0.717) is 32.3 Å². The van der Waals surface area contributed by atoms with Crippen molar-refractivity contribution in [3.8, 4) is 0 Å². The van der Waals surface area contributed by atoms with Crippen LogP contribution in [0.4, 0.5) is 0 Å². The van der Waals surface area contributed by atoms with Crippen molar-refractivity contribution < 1.29 is 23.1 Å². The molecule has 2 rings (SSSR count). The molecule has 0 aromatic carbocycles. The minimum Gasteiger partial charge on any atom is -0.481 e. The van der Waals surface area contributed by atoms with Gasteiger partial charge >= 0.3 is 5.97 Å². The van der Waals surface area contributed by atoms with E-state index in [2.05, 4.69) is 4.72 Å². The van der Waals surface area contributed by atoms with Crippen LogP contribution in [-0.2, 0) is 19.6 Å². The van der Waals surface area contributed by atoms with Crippen molar-refractivity contribution in [1.29, 1.82) is 0 Å². The SMILES string of the molecule is O=C(O)C1CCC(NS(=O)(=O)CC2CCCCO2)CC1. The van der Waals surface area contributed by atoms with Crippen LogP contribution in [0.15, 0.2) is 0 Å². The number of rotatable bonds is 5. The summed E-state index contributed by atoms with van der Waals surface area (Å²) in [5.41, 5.74) is 0. The Kier molecular flexibility index (Phi) is 5.40. The molecule has 0 aromatic rings. The molecule has 0 bridgehead atoms. The summed E-state index contributed by atoms with van der Waals surface area (Å²) in [4.78, 5) is 10.9. The molecule has 116 valence electrons. The average molecular weight is 305 g/mol. The third-order valence-corrected chi connectivity index (χ3v) is 5.61. The van der Waals surface area contributed by atoms with E-state index in [-0.39, 0.29) is 23.8 Å². The van der Waals surface area contributed by atoms with Gasteiger partial charge < -0.3 is 9.84 Å². The van der Waals surface area contributed by atoms with Crippen LogP contribution >= 0.6 is 0 Å². The maximum atomic E-state index is 12.1. The van der Waals surface area contributed by atoms with Crippen molar-refractivity contribution in [3.63, 3.8) is 0 Å². The first-order valence-corrected chi connectivity index (χ1v) is 8.96.